The number of alkyl carbamates (subject to hydrolysis) is 1. The molecule has 0 bridgehead atoms. The van der Waals surface area contributed by atoms with Crippen molar-refractivity contribution in [1.29, 1.82) is 0 Å². The Morgan fingerprint density at radius 1 is 0.970 bits per heavy atom. The second kappa shape index (κ2) is 10.0. The van der Waals surface area contributed by atoms with Crippen LogP contribution in [0, 0.1) is 5.92 Å². The molecule has 0 saturated heterocycles. The van der Waals surface area contributed by atoms with Crippen LogP contribution in [0.4, 0.5) is 4.79 Å². The van der Waals surface area contributed by atoms with E-state index in [1.807, 2.05) is 48.5 Å². The van der Waals surface area contributed by atoms with Gasteiger partial charge in [0.15, 0.2) is 0 Å². The van der Waals surface area contributed by atoms with Crippen molar-refractivity contribution in [1.82, 2.24) is 10.6 Å². The largest absolute Gasteiger partial charge is 0.480 e. The first-order valence-corrected chi connectivity index (χ1v) is 11.1. The fourth-order valence-electron chi connectivity index (χ4n) is 4.31. The van der Waals surface area contributed by atoms with E-state index in [9.17, 15) is 19.5 Å². The van der Waals surface area contributed by atoms with Gasteiger partial charge in [-0.3, -0.25) is 4.79 Å². The number of amides is 2. The molecule has 2 aromatic rings. The molecular formula is C25H28N2O6. The second-order valence-electron chi connectivity index (χ2n) is 8.56. The van der Waals surface area contributed by atoms with E-state index in [1.54, 1.807) is 0 Å². The maximum Gasteiger partial charge on any atom is 0.407 e. The number of carboxylic acids is 1. The van der Waals surface area contributed by atoms with E-state index in [-0.39, 0.29) is 19.1 Å². The molecule has 33 heavy (non-hydrogen) atoms. The molecule has 0 heterocycles. The molecule has 2 aliphatic carbocycles. The zero-order chi connectivity index (χ0) is 23.4. The molecule has 2 aliphatic rings. The van der Waals surface area contributed by atoms with E-state index >= 15 is 0 Å². The van der Waals surface area contributed by atoms with Crippen molar-refractivity contribution in [2.45, 2.75) is 37.3 Å². The third-order valence-electron chi connectivity index (χ3n) is 6.17. The first kappa shape index (κ1) is 22.8. The van der Waals surface area contributed by atoms with Crippen LogP contribution in [-0.4, -0.2) is 55.5 Å². The molecule has 1 saturated carbocycles. The number of carboxylic acid groups (broad SMARTS) is 1. The van der Waals surface area contributed by atoms with Crippen LogP contribution in [0.5, 0.6) is 0 Å². The first-order chi connectivity index (χ1) is 16.0. The summed E-state index contributed by atoms with van der Waals surface area (Å²) in [6, 6.07) is 14.0. The Morgan fingerprint density at radius 2 is 1.58 bits per heavy atom. The van der Waals surface area contributed by atoms with Gasteiger partial charge in [0.05, 0.1) is 6.61 Å². The number of hydrogen-bond acceptors (Lipinski definition) is 5. The summed E-state index contributed by atoms with van der Waals surface area (Å²) in [7, 11) is 1.40. The molecule has 0 aliphatic heterocycles. The lowest BCUT2D eigenvalue weighted by molar-refractivity contribution is -0.142. The number of ether oxygens (including phenoxy) is 2. The molecule has 1 fully saturated rings. The van der Waals surface area contributed by atoms with Crippen LogP contribution in [-0.2, 0) is 19.1 Å². The number of rotatable bonds is 10. The van der Waals surface area contributed by atoms with Crippen molar-refractivity contribution in [2.75, 3.05) is 20.3 Å². The highest BCUT2D eigenvalue weighted by molar-refractivity contribution is 5.89. The molecule has 2 atom stereocenters. The first-order valence-electron chi connectivity index (χ1n) is 11.1. The van der Waals surface area contributed by atoms with E-state index in [4.69, 9.17) is 9.47 Å². The predicted octanol–water partition coefficient (Wildman–Crippen LogP) is 2.91. The number of hydrogen-bond donors (Lipinski definition) is 3. The number of aliphatic carboxylic acids is 1. The SMILES string of the molecule is COC[C@H](NC(=O)OCC1c2ccccc2-c2ccccc21)C(=O)N[C@@H](CC1CC1)C(=O)O. The lowest BCUT2D eigenvalue weighted by atomic mass is 9.98. The fraction of sp³-hybridized carbons (Fsp3) is 0.400. The summed E-state index contributed by atoms with van der Waals surface area (Å²) in [5.74, 6) is -1.49. The van der Waals surface area contributed by atoms with Gasteiger partial charge in [-0.05, 0) is 34.6 Å². The number of benzene rings is 2. The molecule has 8 nitrogen and oxygen atoms in total. The van der Waals surface area contributed by atoms with Crippen molar-refractivity contribution in [2.24, 2.45) is 5.92 Å². The molecule has 4 rings (SSSR count). The third-order valence-corrected chi connectivity index (χ3v) is 6.17. The van der Waals surface area contributed by atoms with Crippen LogP contribution in [0.25, 0.3) is 11.1 Å². The number of carbonyl (C=O) groups is 3. The van der Waals surface area contributed by atoms with Crippen LogP contribution in [0.3, 0.4) is 0 Å². The van der Waals surface area contributed by atoms with Gasteiger partial charge in [-0.25, -0.2) is 9.59 Å². The Balaban J connectivity index is 1.37. The highest BCUT2D eigenvalue weighted by Crippen LogP contribution is 2.44. The van der Waals surface area contributed by atoms with Crippen LogP contribution in [0.15, 0.2) is 48.5 Å². The molecular weight excluding hydrogens is 424 g/mol. The van der Waals surface area contributed by atoms with Crippen LogP contribution in [0.2, 0.25) is 0 Å². The summed E-state index contributed by atoms with van der Waals surface area (Å²) in [4.78, 5) is 36.7. The van der Waals surface area contributed by atoms with E-state index in [2.05, 4.69) is 10.6 Å². The Bertz CT molecular complexity index is 990. The van der Waals surface area contributed by atoms with E-state index in [0.717, 1.165) is 35.1 Å². The third kappa shape index (κ3) is 5.34. The number of nitrogens with one attached hydrogen (secondary N) is 2. The molecule has 0 aromatic heterocycles. The number of carbonyl (C=O) groups excluding carboxylic acids is 2. The van der Waals surface area contributed by atoms with Gasteiger partial charge in [-0.1, -0.05) is 61.4 Å². The van der Waals surface area contributed by atoms with Gasteiger partial charge in [-0.2, -0.15) is 0 Å². The van der Waals surface area contributed by atoms with Crippen molar-refractivity contribution >= 4 is 18.0 Å². The van der Waals surface area contributed by atoms with Gasteiger partial charge < -0.3 is 25.2 Å². The molecule has 0 unspecified atom stereocenters. The van der Waals surface area contributed by atoms with E-state index in [1.165, 1.54) is 7.11 Å². The summed E-state index contributed by atoms with van der Waals surface area (Å²) >= 11 is 0. The van der Waals surface area contributed by atoms with E-state index in [0.29, 0.717) is 12.3 Å². The Hall–Kier alpha value is -3.39. The minimum Gasteiger partial charge on any atom is -0.480 e. The lowest BCUT2D eigenvalue weighted by Gasteiger charge is -2.21. The van der Waals surface area contributed by atoms with Crippen LogP contribution >= 0.6 is 0 Å². The van der Waals surface area contributed by atoms with Gasteiger partial charge in [0.25, 0.3) is 0 Å². The van der Waals surface area contributed by atoms with Gasteiger partial charge in [0.1, 0.15) is 18.7 Å². The molecule has 3 N–H and O–H groups in total. The number of methoxy groups -OCH3 is 1. The summed E-state index contributed by atoms with van der Waals surface area (Å²) in [6.45, 7) is 0.00636. The van der Waals surface area contributed by atoms with Crippen LogP contribution < -0.4 is 10.6 Å². The molecule has 2 aromatic carbocycles. The maximum atomic E-state index is 12.6. The van der Waals surface area contributed by atoms with Crippen LogP contribution in [0.1, 0.15) is 36.3 Å². The second-order valence-corrected chi connectivity index (χ2v) is 8.56. The molecule has 0 spiro atoms. The van der Waals surface area contributed by atoms with Gasteiger partial charge in [0, 0.05) is 13.0 Å². The smallest absolute Gasteiger partial charge is 0.407 e. The van der Waals surface area contributed by atoms with Gasteiger partial charge in [0.2, 0.25) is 5.91 Å². The Labute approximate surface area is 192 Å². The molecule has 0 radical (unpaired) electrons. The Kier molecular flexibility index (Phi) is 6.93. The summed E-state index contributed by atoms with van der Waals surface area (Å²) < 4.78 is 10.5. The standard InChI is InChI=1S/C25H28N2O6/c1-32-14-22(23(28)26-21(24(29)30)12-15-10-11-15)27-25(31)33-13-20-18-8-4-2-6-16(18)17-7-3-5-9-19(17)20/h2-9,15,20-22H,10-14H2,1H3,(H,26,28)(H,27,31)(H,29,30)/t21-,22-/m0/s1. The molecule has 174 valence electrons. The summed E-state index contributed by atoms with van der Waals surface area (Å²) in [6.07, 6.45) is 1.56. The highest BCUT2D eigenvalue weighted by atomic mass is 16.5. The zero-order valence-corrected chi connectivity index (χ0v) is 18.5. The molecule has 8 heteroatoms. The number of fused-ring (bicyclic) bond motifs is 3. The van der Waals surface area contributed by atoms with E-state index < -0.39 is 30.1 Å². The average Bonchev–Trinajstić information content (AvgIpc) is 3.57. The maximum absolute atomic E-state index is 12.6. The molecule has 2 amide bonds. The zero-order valence-electron chi connectivity index (χ0n) is 18.5. The van der Waals surface area contributed by atoms with Crippen molar-refractivity contribution in [3.05, 3.63) is 59.7 Å². The minimum atomic E-state index is -1.09. The minimum absolute atomic E-state index is 0.104. The summed E-state index contributed by atoms with van der Waals surface area (Å²) in [5, 5.41) is 14.4. The van der Waals surface area contributed by atoms with Crippen molar-refractivity contribution in [3.8, 4) is 11.1 Å². The average molecular weight is 453 g/mol. The highest BCUT2D eigenvalue weighted by Gasteiger charge is 2.33. The predicted molar refractivity (Wildman–Crippen MR) is 121 cm³/mol. The van der Waals surface area contributed by atoms with Crippen molar-refractivity contribution < 1.29 is 29.0 Å². The lowest BCUT2D eigenvalue weighted by Crippen LogP contribution is -2.53. The van der Waals surface area contributed by atoms with Gasteiger partial charge >= 0.3 is 12.1 Å². The topological polar surface area (TPSA) is 114 Å². The quantitative estimate of drug-likeness (QED) is 0.511. The normalized spacial score (nSPS) is 16.3. The fourth-order valence-corrected chi connectivity index (χ4v) is 4.31. The summed E-state index contributed by atoms with van der Waals surface area (Å²) in [5.41, 5.74) is 4.41. The monoisotopic (exact) mass is 452 g/mol. The van der Waals surface area contributed by atoms with Crippen molar-refractivity contribution in [3.63, 3.8) is 0 Å². The Morgan fingerprint density at radius 3 is 2.12 bits per heavy atom. The van der Waals surface area contributed by atoms with Gasteiger partial charge in [-0.15, -0.1) is 0 Å².